The Morgan fingerprint density at radius 1 is 1.30 bits per heavy atom. The minimum absolute atomic E-state index is 0.167. The van der Waals surface area contributed by atoms with Gasteiger partial charge in [-0.05, 0) is 35.6 Å². The highest BCUT2D eigenvalue weighted by atomic mass is 32.1. The topological polar surface area (TPSA) is 58.2 Å². The summed E-state index contributed by atoms with van der Waals surface area (Å²) in [6.07, 6.45) is 0.167. The lowest BCUT2D eigenvalue weighted by atomic mass is 10.1. The Kier molecular flexibility index (Phi) is 5.87. The van der Waals surface area contributed by atoms with Crippen molar-refractivity contribution in [1.29, 1.82) is 0 Å². The van der Waals surface area contributed by atoms with Crippen LogP contribution in [0, 0.1) is 12.7 Å². The summed E-state index contributed by atoms with van der Waals surface area (Å²) in [6.45, 7) is 3.45. The number of amides is 2. The summed E-state index contributed by atoms with van der Waals surface area (Å²) in [4.78, 5) is 24.4. The summed E-state index contributed by atoms with van der Waals surface area (Å²) >= 11 is 1.50. The van der Waals surface area contributed by atoms with Gasteiger partial charge in [-0.15, -0.1) is 11.3 Å². The molecule has 1 heterocycles. The van der Waals surface area contributed by atoms with Crippen molar-refractivity contribution in [2.24, 2.45) is 0 Å². The SMILES string of the molecule is CC(=O)N[C@@H](CC(=O)NCc1ccc(F)c(C)c1)c1cccs1. The van der Waals surface area contributed by atoms with E-state index in [0.29, 0.717) is 12.1 Å². The standard InChI is InChI=1S/C17H19FN2O2S/c1-11-8-13(5-6-14(11)18)10-19-17(22)9-15(20-12(2)21)16-4-3-7-23-16/h3-8,15H,9-10H2,1-2H3,(H,19,22)(H,20,21)/t15-/m0/s1. The van der Waals surface area contributed by atoms with Gasteiger partial charge in [0, 0.05) is 18.3 Å². The average Bonchev–Trinajstić information content (AvgIpc) is 3.01. The van der Waals surface area contributed by atoms with Gasteiger partial charge in [0.15, 0.2) is 0 Å². The molecule has 2 N–H and O–H groups in total. The fourth-order valence-corrected chi connectivity index (χ4v) is 3.01. The zero-order chi connectivity index (χ0) is 16.8. The first kappa shape index (κ1) is 17.1. The minimum Gasteiger partial charge on any atom is -0.352 e. The summed E-state index contributed by atoms with van der Waals surface area (Å²) in [5, 5.41) is 7.50. The molecule has 0 spiro atoms. The van der Waals surface area contributed by atoms with Crippen LogP contribution in [0.2, 0.25) is 0 Å². The van der Waals surface area contributed by atoms with E-state index in [-0.39, 0.29) is 30.1 Å². The molecule has 0 aliphatic carbocycles. The zero-order valence-corrected chi connectivity index (χ0v) is 13.9. The van der Waals surface area contributed by atoms with E-state index in [0.717, 1.165) is 10.4 Å². The van der Waals surface area contributed by atoms with Crippen molar-refractivity contribution in [3.8, 4) is 0 Å². The molecule has 2 rings (SSSR count). The maximum atomic E-state index is 13.2. The van der Waals surface area contributed by atoms with Crippen molar-refractivity contribution in [2.45, 2.75) is 32.9 Å². The molecule has 0 aliphatic heterocycles. The maximum absolute atomic E-state index is 13.2. The molecule has 1 atom stereocenters. The quantitative estimate of drug-likeness (QED) is 0.853. The second kappa shape index (κ2) is 7.87. The molecule has 23 heavy (non-hydrogen) atoms. The van der Waals surface area contributed by atoms with Crippen molar-refractivity contribution >= 4 is 23.2 Å². The number of thiophene rings is 1. The lowest BCUT2D eigenvalue weighted by Crippen LogP contribution is -2.32. The summed E-state index contributed by atoms with van der Waals surface area (Å²) in [5.74, 6) is -0.604. The Morgan fingerprint density at radius 2 is 2.09 bits per heavy atom. The molecule has 0 aliphatic rings. The molecule has 0 bridgehead atoms. The van der Waals surface area contributed by atoms with Crippen LogP contribution >= 0.6 is 11.3 Å². The number of carbonyl (C=O) groups excluding carboxylic acids is 2. The van der Waals surface area contributed by atoms with E-state index < -0.39 is 0 Å². The smallest absolute Gasteiger partial charge is 0.222 e. The highest BCUT2D eigenvalue weighted by Crippen LogP contribution is 2.22. The van der Waals surface area contributed by atoms with Gasteiger partial charge < -0.3 is 10.6 Å². The van der Waals surface area contributed by atoms with E-state index in [1.54, 1.807) is 19.1 Å². The van der Waals surface area contributed by atoms with Crippen molar-refractivity contribution in [2.75, 3.05) is 0 Å². The van der Waals surface area contributed by atoms with Crippen LogP contribution in [-0.4, -0.2) is 11.8 Å². The van der Waals surface area contributed by atoms with Crippen molar-refractivity contribution in [3.63, 3.8) is 0 Å². The molecule has 0 fully saturated rings. The highest BCUT2D eigenvalue weighted by Gasteiger charge is 2.17. The molecule has 0 saturated heterocycles. The molecule has 2 amide bonds. The van der Waals surface area contributed by atoms with Crippen LogP contribution in [0.4, 0.5) is 4.39 Å². The van der Waals surface area contributed by atoms with E-state index in [1.165, 1.54) is 24.3 Å². The Morgan fingerprint density at radius 3 is 2.70 bits per heavy atom. The lowest BCUT2D eigenvalue weighted by molar-refractivity contribution is -0.122. The lowest BCUT2D eigenvalue weighted by Gasteiger charge is -2.16. The first-order valence-electron chi connectivity index (χ1n) is 7.28. The summed E-state index contributed by atoms with van der Waals surface area (Å²) < 4.78 is 13.2. The molecule has 2 aromatic rings. The number of carbonyl (C=O) groups is 2. The van der Waals surface area contributed by atoms with Gasteiger partial charge in [0.1, 0.15) is 5.82 Å². The number of aryl methyl sites for hydroxylation is 1. The third-order valence-electron chi connectivity index (χ3n) is 3.37. The minimum atomic E-state index is -0.331. The van der Waals surface area contributed by atoms with Crippen molar-refractivity contribution < 1.29 is 14.0 Å². The molecule has 4 nitrogen and oxygen atoms in total. The molecular weight excluding hydrogens is 315 g/mol. The number of rotatable bonds is 6. The van der Waals surface area contributed by atoms with Crippen LogP contribution < -0.4 is 10.6 Å². The summed E-state index contributed by atoms with van der Waals surface area (Å²) in [6, 6.07) is 8.19. The van der Waals surface area contributed by atoms with Gasteiger partial charge >= 0.3 is 0 Å². The third kappa shape index (κ3) is 5.17. The molecule has 0 unspecified atom stereocenters. The van der Waals surface area contributed by atoms with Crippen molar-refractivity contribution in [3.05, 3.63) is 57.5 Å². The zero-order valence-electron chi connectivity index (χ0n) is 13.1. The van der Waals surface area contributed by atoms with Gasteiger partial charge in [-0.3, -0.25) is 9.59 Å². The molecule has 122 valence electrons. The average molecular weight is 334 g/mol. The molecule has 1 aromatic carbocycles. The second-order valence-corrected chi connectivity index (χ2v) is 6.31. The Balaban J connectivity index is 1.93. The van der Waals surface area contributed by atoms with E-state index in [9.17, 15) is 14.0 Å². The number of halogens is 1. The third-order valence-corrected chi connectivity index (χ3v) is 4.35. The van der Waals surface area contributed by atoms with E-state index in [4.69, 9.17) is 0 Å². The number of benzene rings is 1. The molecular formula is C17H19FN2O2S. The number of hydrogen-bond donors (Lipinski definition) is 2. The van der Waals surface area contributed by atoms with E-state index in [2.05, 4.69) is 10.6 Å². The maximum Gasteiger partial charge on any atom is 0.222 e. The van der Waals surface area contributed by atoms with Crippen LogP contribution in [0.15, 0.2) is 35.7 Å². The molecule has 6 heteroatoms. The Labute approximate surface area is 138 Å². The Bertz CT molecular complexity index is 686. The first-order valence-corrected chi connectivity index (χ1v) is 8.16. The predicted molar refractivity (Wildman–Crippen MR) is 88.5 cm³/mol. The van der Waals surface area contributed by atoms with E-state index in [1.807, 2.05) is 17.5 Å². The molecule has 1 aromatic heterocycles. The van der Waals surface area contributed by atoms with Crippen LogP contribution in [0.25, 0.3) is 0 Å². The van der Waals surface area contributed by atoms with Crippen LogP contribution in [0.5, 0.6) is 0 Å². The van der Waals surface area contributed by atoms with Gasteiger partial charge in [-0.1, -0.05) is 18.2 Å². The highest BCUT2D eigenvalue weighted by molar-refractivity contribution is 7.10. The summed E-state index contributed by atoms with van der Waals surface area (Å²) in [5.41, 5.74) is 1.39. The van der Waals surface area contributed by atoms with Gasteiger partial charge in [-0.25, -0.2) is 4.39 Å². The van der Waals surface area contributed by atoms with Gasteiger partial charge in [-0.2, -0.15) is 0 Å². The molecule has 0 radical (unpaired) electrons. The van der Waals surface area contributed by atoms with Crippen LogP contribution in [0.1, 0.15) is 35.4 Å². The van der Waals surface area contributed by atoms with Crippen LogP contribution in [0.3, 0.4) is 0 Å². The van der Waals surface area contributed by atoms with Crippen LogP contribution in [-0.2, 0) is 16.1 Å². The monoisotopic (exact) mass is 334 g/mol. The number of hydrogen-bond acceptors (Lipinski definition) is 3. The largest absolute Gasteiger partial charge is 0.352 e. The van der Waals surface area contributed by atoms with E-state index >= 15 is 0 Å². The fraction of sp³-hybridized carbons (Fsp3) is 0.294. The van der Waals surface area contributed by atoms with Gasteiger partial charge in [0.2, 0.25) is 11.8 Å². The summed E-state index contributed by atoms with van der Waals surface area (Å²) in [7, 11) is 0. The fourth-order valence-electron chi connectivity index (χ4n) is 2.23. The predicted octanol–water partition coefficient (Wildman–Crippen LogP) is 3.08. The normalized spacial score (nSPS) is 11.8. The van der Waals surface area contributed by atoms with Gasteiger partial charge in [0.05, 0.1) is 12.5 Å². The Hall–Kier alpha value is -2.21. The number of nitrogens with one attached hydrogen (secondary N) is 2. The van der Waals surface area contributed by atoms with Crippen molar-refractivity contribution in [1.82, 2.24) is 10.6 Å². The second-order valence-electron chi connectivity index (χ2n) is 5.33. The molecule has 0 saturated carbocycles. The van der Waals surface area contributed by atoms with Gasteiger partial charge in [0.25, 0.3) is 0 Å². The first-order chi connectivity index (χ1) is 11.0.